The number of rotatable bonds is 3. The van der Waals surface area contributed by atoms with Crippen LogP contribution in [0.5, 0.6) is 0 Å². The molecule has 0 aromatic heterocycles. The maximum absolute atomic E-state index is 14.1. The molecule has 1 unspecified atom stereocenters. The Kier molecular flexibility index (Phi) is 3.95. The Morgan fingerprint density at radius 2 is 2.22 bits per heavy atom. The van der Waals surface area contributed by atoms with Gasteiger partial charge in [0.1, 0.15) is 5.82 Å². The van der Waals surface area contributed by atoms with Crippen LogP contribution < -0.4 is 5.73 Å². The molecule has 0 spiro atoms. The Balaban J connectivity index is 2.26. The first-order valence-corrected chi connectivity index (χ1v) is 6.70. The van der Waals surface area contributed by atoms with Crippen LogP contribution in [0.2, 0.25) is 5.02 Å². The Hall–Kier alpha value is -0.640. The lowest BCUT2D eigenvalue weighted by Gasteiger charge is -2.29. The number of nitrogens with two attached hydrogens (primary N) is 1. The second kappa shape index (κ2) is 5.16. The summed E-state index contributed by atoms with van der Waals surface area (Å²) in [6.07, 6.45) is 1.12. The minimum absolute atomic E-state index is 0.0783. The maximum atomic E-state index is 14.1. The molecule has 1 aromatic rings. The first kappa shape index (κ1) is 13.8. The van der Waals surface area contributed by atoms with Crippen LogP contribution in [0.4, 0.5) is 4.39 Å². The zero-order valence-corrected chi connectivity index (χ0v) is 11.7. The molecule has 2 rings (SSSR count). The van der Waals surface area contributed by atoms with Crippen LogP contribution in [-0.2, 0) is 0 Å². The van der Waals surface area contributed by atoms with E-state index in [-0.39, 0.29) is 22.3 Å². The second-order valence-corrected chi connectivity index (χ2v) is 6.19. The molecular weight excluding hydrogens is 251 g/mol. The molecule has 100 valence electrons. The summed E-state index contributed by atoms with van der Waals surface area (Å²) in [6.45, 7) is 6.78. The van der Waals surface area contributed by atoms with Gasteiger partial charge in [0.25, 0.3) is 0 Å². The van der Waals surface area contributed by atoms with E-state index in [9.17, 15) is 4.39 Å². The molecule has 2 nitrogen and oxygen atoms in total. The number of hydrogen-bond acceptors (Lipinski definition) is 2. The molecule has 1 fully saturated rings. The fourth-order valence-corrected chi connectivity index (χ4v) is 2.85. The summed E-state index contributed by atoms with van der Waals surface area (Å²) in [5.74, 6) is -0.334. The molecular formula is C14H20ClFN2. The Morgan fingerprint density at radius 1 is 1.50 bits per heavy atom. The van der Waals surface area contributed by atoms with E-state index >= 15 is 0 Å². The van der Waals surface area contributed by atoms with Crippen LogP contribution in [0.3, 0.4) is 0 Å². The molecule has 1 aromatic carbocycles. The summed E-state index contributed by atoms with van der Waals surface area (Å²) in [7, 11) is 0. The molecule has 0 bridgehead atoms. The molecule has 1 aliphatic heterocycles. The van der Waals surface area contributed by atoms with Gasteiger partial charge in [0.2, 0.25) is 0 Å². The van der Waals surface area contributed by atoms with E-state index in [1.165, 1.54) is 0 Å². The van der Waals surface area contributed by atoms with Gasteiger partial charge in [-0.1, -0.05) is 37.6 Å². The smallest absolute Gasteiger partial charge is 0.146 e. The summed E-state index contributed by atoms with van der Waals surface area (Å²) in [5, 5.41) is 0.171. The molecule has 1 atom stereocenters. The zero-order chi connectivity index (χ0) is 13.3. The highest BCUT2D eigenvalue weighted by atomic mass is 35.5. The quantitative estimate of drug-likeness (QED) is 0.914. The molecule has 1 heterocycles. The molecule has 1 saturated heterocycles. The van der Waals surface area contributed by atoms with Crippen LogP contribution in [0.15, 0.2) is 18.2 Å². The first-order valence-electron chi connectivity index (χ1n) is 6.32. The van der Waals surface area contributed by atoms with E-state index in [1.54, 1.807) is 18.2 Å². The van der Waals surface area contributed by atoms with Crippen molar-refractivity contribution in [2.45, 2.75) is 26.3 Å². The lowest BCUT2D eigenvalue weighted by Crippen LogP contribution is -2.33. The summed E-state index contributed by atoms with van der Waals surface area (Å²) in [6, 6.07) is 5.06. The molecule has 0 aliphatic carbocycles. The predicted molar refractivity (Wildman–Crippen MR) is 73.2 cm³/mol. The van der Waals surface area contributed by atoms with Crippen molar-refractivity contribution >= 4 is 11.6 Å². The van der Waals surface area contributed by atoms with Crippen LogP contribution >= 0.6 is 11.6 Å². The van der Waals surface area contributed by atoms with Gasteiger partial charge in [-0.3, -0.25) is 4.90 Å². The van der Waals surface area contributed by atoms with E-state index in [2.05, 4.69) is 18.7 Å². The van der Waals surface area contributed by atoms with Crippen molar-refractivity contribution in [3.8, 4) is 0 Å². The summed E-state index contributed by atoms with van der Waals surface area (Å²) >= 11 is 5.84. The van der Waals surface area contributed by atoms with E-state index in [1.807, 2.05) is 0 Å². The van der Waals surface area contributed by atoms with Crippen LogP contribution in [0.25, 0.3) is 0 Å². The fourth-order valence-electron chi connectivity index (χ4n) is 2.67. The van der Waals surface area contributed by atoms with Crippen molar-refractivity contribution < 1.29 is 4.39 Å². The van der Waals surface area contributed by atoms with Crippen LogP contribution in [-0.4, -0.2) is 24.5 Å². The van der Waals surface area contributed by atoms with Gasteiger partial charge >= 0.3 is 0 Å². The molecule has 4 heteroatoms. The van der Waals surface area contributed by atoms with E-state index in [0.717, 1.165) is 19.5 Å². The molecule has 18 heavy (non-hydrogen) atoms. The molecule has 0 saturated carbocycles. The number of nitrogens with zero attached hydrogens (tertiary/aromatic N) is 1. The standard InChI is InChI=1S/C14H20ClFN2/c1-14(2)6-7-18(9-14)12(8-17)10-4-3-5-11(15)13(10)16/h3-5,12H,6-9,17H2,1-2H3. The molecule has 2 N–H and O–H groups in total. The fraction of sp³-hybridized carbons (Fsp3) is 0.571. The first-order chi connectivity index (χ1) is 8.44. The van der Waals surface area contributed by atoms with Crippen molar-refractivity contribution in [2.75, 3.05) is 19.6 Å². The number of benzene rings is 1. The Bertz CT molecular complexity index is 434. The summed E-state index contributed by atoms with van der Waals surface area (Å²) < 4.78 is 14.1. The van der Waals surface area contributed by atoms with Gasteiger partial charge in [-0.05, 0) is 24.4 Å². The minimum atomic E-state index is -0.334. The van der Waals surface area contributed by atoms with Gasteiger partial charge in [0, 0.05) is 24.7 Å². The largest absolute Gasteiger partial charge is 0.329 e. The summed E-state index contributed by atoms with van der Waals surface area (Å²) in [5.41, 5.74) is 6.73. The highest BCUT2D eigenvalue weighted by molar-refractivity contribution is 6.30. The second-order valence-electron chi connectivity index (χ2n) is 5.78. The third kappa shape index (κ3) is 2.68. The van der Waals surface area contributed by atoms with Crippen molar-refractivity contribution in [1.82, 2.24) is 4.90 Å². The zero-order valence-electron chi connectivity index (χ0n) is 10.9. The van der Waals surface area contributed by atoms with Gasteiger partial charge < -0.3 is 5.73 Å². The maximum Gasteiger partial charge on any atom is 0.146 e. The normalized spacial score (nSPS) is 21.2. The molecule has 0 amide bonds. The van der Waals surface area contributed by atoms with Gasteiger partial charge in [0.05, 0.1) is 5.02 Å². The number of hydrogen-bond donors (Lipinski definition) is 1. The number of likely N-dealkylation sites (tertiary alicyclic amines) is 1. The monoisotopic (exact) mass is 270 g/mol. The van der Waals surface area contributed by atoms with Crippen molar-refractivity contribution in [3.05, 3.63) is 34.6 Å². The van der Waals surface area contributed by atoms with Crippen LogP contribution in [0, 0.1) is 11.2 Å². The Morgan fingerprint density at radius 3 is 2.78 bits per heavy atom. The highest BCUT2D eigenvalue weighted by Crippen LogP contribution is 2.35. The van der Waals surface area contributed by atoms with E-state index in [4.69, 9.17) is 17.3 Å². The van der Waals surface area contributed by atoms with Crippen molar-refractivity contribution in [2.24, 2.45) is 11.1 Å². The summed E-state index contributed by atoms with van der Waals surface area (Å²) in [4.78, 5) is 2.26. The molecule has 1 aliphatic rings. The highest BCUT2D eigenvalue weighted by Gasteiger charge is 2.34. The van der Waals surface area contributed by atoms with Gasteiger partial charge in [-0.15, -0.1) is 0 Å². The predicted octanol–water partition coefficient (Wildman–Crippen LogP) is 3.21. The minimum Gasteiger partial charge on any atom is -0.329 e. The van der Waals surface area contributed by atoms with E-state index < -0.39 is 0 Å². The topological polar surface area (TPSA) is 29.3 Å². The third-order valence-electron chi connectivity index (χ3n) is 3.71. The van der Waals surface area contributed by atoms with Gasteiger partial charge in [0.15, 0.2) is 0 Å². The average molecular weight is 271 g/mol. The lowest BCUT2D eigenvalue weighted by molar-refractivity contribution is 0.219. The average Bonchev–Trinajstić information content (AvgIpc) is 2.66. The van der Waals surface area contributed by atoms with E-state index in [0.29, 0.717) is 12.1 Å². The number of halogens is 2. The SMILES string of the molecule is CC1(C)CCN(C(CN)c2cccc(Cl)c2F)C1. The lowest BCUT2D eigenvalue weighted by atomic mass is 9.93. The van der Waals surface area contributed by atoms with Crippen molar-refractivity contribution in [1.29, 1.82) is 0 Å². The third-order valence-corrected chi connectivity index (χ3v) is 4.00. The van der Waals surface area contributed by atoms with Gasteiger partial charge in [-0.25, -0.2) is 4.39 Å². The Labute approximate surface area is 113 Å². The van der Waals surface area contributed by atoms with Gasteiger partial charge in [-0.2, -0.15) is 0 Å². The van der Waals surface area contributed by atoms with Crippen molar-refractivity contribution in [3.63, 3.8) is 0 Å². The van der Waals surface area contributed by atoms with Crippen LogP contribution in [0.1, 0.15) is 31.9 Å². The molecule has 0 radical (unpaired) electrons.